The largest absolute Gasteiger partial charge is 0.439 e. The number of para-hydroxylation sites is 1. The Bertz CT molecular complexity index is 1420. The summed E-state index contributed by atoms with van der Waals surface area (Å²) >= 11 is 1.37. The quantitative estimate of drug-likeness (QED) is 0.440. The van der Waals surface area contributed by atoms with Crippen molar-refractivity contribution in [1.82, 2.24) is 24.9 Å². The molecular formula is C21H14N6O3S. The van der Waals surface area contributed by atoms with Crippen molar-refractivity contribution in [3.05, 3.63) is 88.6 Å². The van der Waals surface area contributed by atoms with Crippen LogP contribution in [0.2, 0.25) is 0 Å². The van der Waals surface area contributed by atoms with Gasteiger partial charge in [0, 0.05) is 28.4 Å². The maximum Gasteiger partial charge on any atom is 0.439 e. The molecule has 0 unspecified atom stereocenters. The minimum absolute atomic E-state index is 0.285. The van der Waals surface area contributed by atoms with Gasteiger partial charge in [-0.2, -0.15) is 5.10 Å². The fourth-order valence-corrected chi connectivity index (χ4v) is 3.74. The van der Waals surface area contributed by atoms with E-state index in [2.05, 4.69) is 30.1 Å². The Labute approximate surface area is 179 Å². The van der Waals surface area contributed by atoms with Crippen LogP contribution >= 0.6 is 11.3 Å². The number of benzene rings is 2. The van der Waals surface area contributed by atoms with Crippen LogP contribution in [0.4, 0.5) is 5.69 Å². The molecule has 3 heterocycles. The molecule has 10 heteroatoms. The highest BCUT2D eigenvalue weighted by atomic mass is 32.1. The monoisotopic (exact) mass is 430 g/mol. The van der Waals surface area contributed by atoms with Crippen LogP contribution in [0.15, 0.2) is 81.7 Å². The third kappa shape index (κ3) is 3.91. The number of thiazole rings is 1. The van der Waals surface area contributed by atoms with Gasteiger partial charge in [0.15, 0.2) is 5.82 Å². The van der Waals surface area contributed by atoms with E-state index in [1.54, 1.807) is 40.5 Å². The Kier molecular flexibility index (Phi) is 4.73. The molecule has 0 spiro atoms. The van der Waals surface area contributed by atoms with E-state index >= 15 is 0 Å². The summed E-state index contributed by atoms with van der Waals surface area (Å²) in [7, 11) is 0. The zero-order valence-electron chi connectivity index (χ0n) is 15.9. The van der Waals surface area contributed by atoms with Gasteiger partial charge in [-0.1, -0.05) is 35.5 Å². The fraction of sp³-hybridized carbons (Fsp3) is 0. The average molecular weight is 430 g/mol. The SMILES string of the molecule is O=C(Nc1cccc(-c2noc(=O)[nH]2)c1)c1csc(-c2cnn(-c3ccccc3)c2)n1. The van der Waals surface area contributed by atoms with E-state index in [1.165, 1.54) is 11.3 Å². The molecule has 0 bridgehead atoms. The highest BCUT2D eigenvalue weighted by molar-refractivity contribution is 7.13. The summed E-state index contributed by atoms with van der Waals surface area (Å²) in [4.78, 5) is 30.7. The summed E-state index contributed by atoms with van der Waals surface area (Å²) in [6.45, 7) is 0. The molecular weight excluding hydrogens is 416 g/mol. The van der Waals surface area contributed by atoms with Crippen LogP contribution in [0, 0.1) is 0 Å². The van der Waals surface area contributed by atoms with Crippen molar-refractivity contribution in [3.8, 4) is 27.6 Å². The maximum absolute atomic E-state index is 12.7. The van der Waals surface area contributed by atoms with Gasteiger partial charge in [-0.25, -0.2) is 14.5 Å². The Morgan fingerprint density at radius 2 is 1.97 bits per heavy atom. The second-order valence-electron chi connectivity index (χ2n) is 6.53. The molecule has 2 N–H and O–H groups in total. The lowest BCUT2D eigenvalue weighted by atomic mass is 10.2. The summed E-state index contributed by atoms with van der Waals surface area (Å²) in [6.07, 6.45) is 3.59. The second-order valence-corrected chi connectivity index (χ2v) is 7.38. The second kappa shape index (κ2) is 7.84. The number of hydrogen-bond donors (Lipinski definition) is 2. The van der Waals surface area contributed by atoms with Gasteiger partial charge in [-0.15, -0.1) is 11.3 Å². The smallest absolute Gasteiger partial charge is 0.321 e. The van der Waals surface area contributed by atoms with Crippen molar-refractivity contribution in [1.29, 1.82) is 0 Å². The van der Waals surface area contributed by atoms with E-state index in [1.807, 2.05) is 36.5 Å². The highest BCUT2D eigenvalue weighted by Gasteiger charge is 2.14. The van der Waals surface area contributed by atoms with Crippen LogP contribution in [0.3, 0.4) is 0 Å². The van der Waals surface area contributed by atoms with Gasteiger partial charge in [0.25, 0.3) is 5.91 Å². The van der Waals surface area contributed by atoms with Gasteiger partial charge in [0.2, 0.25) is 0 Å². The topological polar surface area (TPSA) is 119 Å². The minimum atomic E-state index is -0.643. The molecule has 0 aliphatic heterocycles. The molecule has 5 rings (SSSR count). The normalized spacial score (nSPS) is 10.8. The predicted octanol–water partition coefficient (Wildman–Crippen LogP) is 3.59. The van der Waals surface area contributed by atoms with Crippen molar-refractivity contribution < 1.29 is 9.32 Å². The molecule has 2 aromatic carbocycles. The Hall–Kier alpha value is -4.31. The lowest BCUT2D eigenvalue weighted by molar-refractivity contribution is 0.102. The number of H-pyrrole nitrogens is 1. The van der Waals surface area contributed by atoms with Gasteiger partial charge >= 0.3 is 5.76 Å². The van der Waals surface area contributed by atoms with Crippen LogP contribution in [0.1, 0.15) is 10.5 Å². The molecule has 0 atom stereocenters. The first kappa shape index (κ1) is 18.7. The van der Waals surface area contributed by atoms with E-state index in [0.717, 1.165) is 11.3 Å². The number of aromatic amines is 1. The number of anilines is 1. The molecule has 3 aromatic heterocycles. The first-order valence-corrected chi connectivity index (χ1v) is 10.1. The van der Waals surface area contributed by atoms with Gasteiger partial charge in [-0.3, -0.25) is 14.3 Å². The van der Waals surface area contributed by atoms with Crippen molar-refractivity contribution >= 4 is 22.9 Å². The van der Waals surface area contributed by atoms with Gasteiger partial charge < -0.3 is 5.32 Å². The number of amides is 1. The highest BCUT2D eigenvalue weighted by Crippen LogP contribution is 2.25. The van der Waals surface area contributed by atoms with Crippen LogP contribution in [-0.2, 0) is 0 Å². The molecule has 31 heavy (non-hydrogen) atoms. The standard InChI is InChI=1S/C21H14N6O3S/c28-19(23-15-6-4-5-13(9-15)18-25-21(29)30-26-18)17-12-31-20(24-17)14-10-22-27(11-14)16-7-2-1-3-8-16/h1-12H,(H,23,28)(H,25,26,29). The Morgan fingerprint density at radius 1 is 1.10 bits per heavy atom. The van der Waals surface area contributed by atoms with Crippen molar-refractivity contribution in [3.63, 3.8) is 0 Å². The molecule has 0 radical (unpaired) electrons. The first-order valence-electron chi connectivity index (χ1n) is 9.19. The summed E-state index contributed by atoms with van der Waals surface area (Å²) in [5, 5.41) is 13.2. The number of nitrogens with one attached hydrogen (secondary N) is 2. The van der Waals surface area contributed by atoms with E-state index in [0.29, 0.717) is 22.0 Å². The summed E-state index contributed by atoms with van der Waals surface area (Å²) in [6, 6.07) is 16.6. The zero-order chi connectivity index (χ0) is 21.2. The molecule has 1 amide bonds. The minimum Gasteiger partial charge on any atom is -0.321 e. The number of rotatable bonds is 5. The molecule has 0 aliphatic carbocycles. The van der Waals surface area contributed by atoms with Crippen LogP contribution < -0.4 is 11.1 Å². The molecule has 0 saturated heterocycles. The molecule has 9 nitrogen and oxygen atoms in total. The molecule has 0 saturated carbocycles. The number of nitrogens with zero attached hydrogens (tertiary/aromatic N) is 4. The third-order valence-electron chi connectivity index (χ3n) is 4.42. The van der Waals surface area contributed by atoms with Crippen LogP contribution in [-0.4, -0.2) is 30.8 Å². The Balaban J connectivity index is 1.33. The summed E-state index contributed by atoms with van der Waals surface area (Å²) < 4.78 is 6.28. The molecule has 0 aliphatic rings. The summed E-state index contributed by atoms with van der Waals surface area (Å²) in [5.41, 5.74) is 3.21. The zero-order valence-corrected chi connectivity index (χ0v) is 16.7. The molecule has 0 fully saturated rings. The number of carbonyl (C=O) groups is 1. The van der Waals surface area contributed by atoms with Crippen molar-refractivity contribution in [2.75, 3.05) is 5.32 Å². The number of carbonyl (C=O) groups excluding carboxylic acids is 1. The fourth-order valence-electron chi connectivity index (χ4n) is 2.96. The molecule has 5 aromatic rings. The maximum atomic E-state index is 12.7. The van der Waals surface area contributed by atoms with Gasteiger partial charge in [0.1, 0.15) is 10.7 Å². The molecule has 152 valence electrons. The van der Waals surface area contributed by atoms with Crippen LogP contribution in [0.25, 0.3) is 27.6 Å². The van der Waals surface area contributed by atoms with E-state index in [4.69, 9.17) is 0 Å². The lowest BCUT2D eigenvalue weighted by Gasteiger charge is -2.04. The van der Waals surface area contributed by atoms with Crippen LogP contribution in [0.5, 0.6) is 0 Å². The van der Waals surface area contributed by atoms with E-state index in [9.17, 15) is 9.59 Å². The predicted molar refractivity (Wildman–Crippen MR) is 115 cm³/mol. The number of aromatic nitrogens is 5. The number of hydrogen-bond acceptors (Lipinski definition) is 7. The summed E-state index contributed by atoms with van der Waals surface area (Å²) in [5.74, 6) is -0.703. The lowest BCUT2D eigenvalue weighted by Crippen LogP contribution is -2.12. The van der Waals surface area contributed by atoms with Crippen molar-refractivity contribution in [2.45, 2.75) is 0 Å². The van der Waals surface area contributed by atoms with Crippen molar-refractivity contribution in [2.24, 2.45) is 0 Å². The van der Waals surface area contributed by atoms with E-state index in [-0.39, 0.29) is 11.7 Å². The first-order chi connectivity index (χ1) is 15.2. The van der Waals surface area contributed by atoms with Gasteiger partial charge in [-0.05, 0) is 24.3 Å². The average Bonchev–Trinajstić information content (AvgIpc) is 3.55. The van der Waals surface area contributed by atoms with Gasteiger partial charge in [0.05, 0.1) is 11.9 Å². The Morgan fingerprint density at radius 3 is 2.77 bits per heavy atom. The van der Waals surface area contributed by atoms with E-state index < -0.39 is 5.76 Å². The third-order valence-corrected chi connectivity index (χ3v) is 5.31.